The number of nitrogens with one attached hydrogen (secondary N) is 1. The highest BCUT2D eigenvalue weighted by Crippen LogP contribution is 2.26. The minimum atomic E-state index is -0.387. The van der Waals surface area contributed by atoms with Crippen LogP contribution in [-0.4, -0.2) is 36.0 Å². The topological polar surface area (TPSA) is 58.4 Å². The van der Waals surface area contributed by atoms with Crippen molar-refractivity contribution in [3.8, 4) is 0 Å². The molecule has 1 saturated heterocycles. The van der Waals surface area contributed by atoms with Gasteiger partial charge in [0.15, 0.2) is 0 Å². The van der Waals surface area contributed by atoms with Crippen LogP contribution in [0.25, 0.3) is 0 Å². The van der Waals surface area contributed by atoms with Crippen LogP contribution in [0.5, 0.6) is 0 Å². The molecule has 0 saturated carbocycles. The van der Waals surface area contributed by atoms with Crippen LogP contribution >= 0.6 is 15.9 Å². The molecule has 5 nitrogen and oxygen atoms in total. The number of non-ortho nitro benzene ring substituents is 1. The van der Waals surface area contributed by atoms with Gasteiger partial charge in [-0.05, 0) is 60.9 Å². The van der Waals surface area contributed by atoms with Crippen LogP contribution in [0, 0.1) is 10.1 Å². The van der Waals surface area contributed by atoms with Gasteiger partial charge in [0.1, 0.15) is 0 Å². The third-order valence-corrected chi connectivity index (χ3v) is 3.98. The maximum atomic E-state index is 10.6. The maximum absolute atomic E-state index is 10.6. The Morgan fingerprint density at radius 3 is 2.74 bits per heavy atom. The Balaban J connectivity index is 1.77. The largest absolute Gasteiger partial charge is 0.384 e. The summed E-state index contributed by atoms with van der Waals surface area (Å²) in [6.45, 7) is 4.45. The molecule has 0 radical (unpaired) electrons. The zero-order chi connectivity index (χ0) is 13.7. The molecule has 0 bridgehead atoms. The summed E-state index contributed by atoms with van der Waals surface area (Å²) in [7, 11) is 0. The van der Waals surface area contributed by atoms with Crippen LogP contribution in [0.15, 0.2) is 22.7 Å². The molecule has 0 aromatic heterocycles. The van der Waals surface area contributed by atoms with Crippen molar-refractivity contribution in [2.24, 2.45) is 0 Å². The molecule has 19 heavy (non-hydrogen) atoms. The molecule has 104 valence electrons. The van der Waals surface area contributed by atoms with E-state index in [2.05, 4.69) is 26.1 Å². The number of hydrogen-bond donors (Lipinski definition) is 1. The van der Waals surface area contributed by atoms with Crippen molar-refractivity contribution in [1.82, 2.24) is 4.90 Å². The van der Waals surface area contributed by atoms with Crippen LogP contribution in [0.1, 0.15) is 19.3 Å². The Morgan fingerprint density at radius 1 is 1.37 bits per heavy atom. The van der Waals surface area contributed by atoms with Crippen LogP contribution in [0.3, 0.4) is 0 Å². The number of nitrogens with zero attached hydrogens (tertiary/aromatic N) is 2. The minimum absolute atomic E-state index is 0.106. The first-order valence-corrected chi connectivity index (χ1v) is 7.36. The average molecular weight is 328 g/mol. The van der Waals surface area contributed by atoms with Gasteiger partial charge in [-0.25, -0.2) is 0 Å². The molecule has 1 heterocycles. The van der Waals surface area contributed by atoms with Crippen molar-refractivity contribution in [3.05, 3.63) is 32.8 Å². The molecule has 1 aromatic carbocycles. The van der Waals surface area contributed by atoms with Crippen molar-refractivity contribution < 1.29 is 4.92 Å². The Labute approximate surface area is 121 Å². The SMILES string of the molecule is O=[N+]([O-])c1ccc(NCCCN2CCCC2)c(Br)c1. The highest BCUT2D eigenvalue weighted by molar-refractivity contribution is 9.10. The van der Waals surface area contributed by atoms with Gasteiger partial charge in [0.2, 0.25) is 0 Å². The molecule has 1 aliphatic heterocycles. The van der Waals surface area contributed by atoms with E-state index in [-0.39, 0.29) is 10.6 Å². The number of anilines is 1. The van der Waals surface area contributed by atoms with E-state index in [9.17, 15) is 10.1 Å². The average Bonchev–Trinajstić information content (AvgIpc) is 2.89. The van der Waals surface area contributed by atoms with Crippen LogP contribution in [0.4, 0.5) is 11.4 Å². The standard InChI is InChI=1S/C13H18BrN3O2/c14-12-10-11(17(18)19)4-5-13(12)15-6-3-9-16-7-1-2-8-16/h4-5,10,15H,1-3,6-9H2. The van der Waals surface area contributed by atoms with Crippen molar-refractivity contribution in [1.29, 1.82) is 0 Å². The number of hydrogen-bond acceptors (Lipinski definition) is 4. The van der Waals surface area contributed by atoms with E-state index in [0.717, 1.165) is 29.7 Å². The van der Waals surface area contributed by atoms with E-state index in [1.807, 2.05) is 0 Å². The first-order valence-electron chi connectivity index (χ1n) is 6.57. The van der Waals surface area contributed by atoms with Crippen molar-refractivity contribution >= 4 is 27.3 Å². The first kappa shape index (κ1) is 14.3. The fourth-order valence-corrected chi connectivity index (χ4v) is 2.80. The van der Waals surface area contributed by atoms with Gasteiger partial charge in [-0.1, -0.05) is 0 Å². The number of rotatable bonds is 6. The van der Waals surface area contributed by atoms with Gasteiger partial charge < -0.3 is 10.2 Å². The summed E-state index contributed by atoms with van der Waals surface area (Å²) in [5, 5.41) is 13.9. The lowest BCUT2D eigenvalue weighted by Crippen LogP contribution is -2.22. The molecule has 0 atom stereocenters. The molecule has 0 aliphatic carbocycles. The van der Waals surface area contributed by atoms with E-state index in [1.54, 1.807) is 6.07 Å². The molecule has 2 rings (SSSR count). The number of halogens is 1. The lowest BCUT2D eigenvalue weighted by atomic mass is 10.2. The molecule has 0 spiro atoms. The fourth-order valence-electron chi connectivity index (χ4n) is 2.29. The molecule has 1 fully saturated rings. The second-order valence-corrected chi connectivity index (χ2v) is 5.60. The first-order chi connectivity index (χ1) is 9.16. The summed E-state index contributed by atoms with van der Waals surface area (Å²) < 4.78 is 0.739. The Hall–Kier alpha value is -1.14. The monoisotopic (exact) mass is 327 g/mol. The van der Waals surface area contributed by atoms with Crippen molar-refractivity contribution in [3.63, 3.8) is 0 Å². The molecule has 0 unspecified atom stereocenters. The zero-order valence-corrected chi connectivity index (χ0v) is 12.4. The van der Waals surface area contributed by atoms with Gasteiger partial charge in [-0.3, -0.25) is 10.1 Å². The highest BCUT2D eigenvalue weighted by Gasteiger charge is 2.11. The van der Waals surface area contributed by atoms with E-state index in [4.69, 9.17) is 0 Å². The van der Waals surface area contributed by atoms with Gasteiger partial charge in [0.05, 0.1) is 4.92 Å². The van der Waals surface area contributed by atoms with Gasteiger partial charge in [0, 0.05) is 28.8 Å². The zero-order valence-electron chi connectivity index (χ0n) is 10.8. The molecule has 1 N–H and O–H groups in total. The second kappa shape index (κ2) is 6.86. The van der Waals surface area contributed by atoms with Crippen molar-refractivity contribution in [2.75, 3.05) is 31.5 Å². The number of nitro groups is 1. The number of benzene rings is 1. The molecule has 0 amide bonds. The lowest BCUT2D eigenvalue weighted by molar-refractivity contribution is -0.384. The Kier molecular flexibility index (Phi) is 5.15. The van der Waals surface area contributed by atoms with Gasteiger partial charge in [-0.2, -0.15) is 0 Å². The minimum Gasteiger partial charge on any atom is -0.384 e. The summed E-state index contributed by atoms with van der Waals surface area (Å²) in [5.41, 5.74) is 1.02. The Bertz CT molecular complexity index is 448. The molecular weight excluding hydrogens is 310 g/mol. The van der Waals surface area contributed by atoms with Crippen molar-refractivity contribution in [2.45, 2.75) is 19.3 Å². The van der Waals surface area contributed by atoms with Gasteiger partial charge in [0.25, 0.3) is 5.69 Å². The van der Waals surface area contributed by atoms with Crippen LogP contribution in [-0.2, 0) is 0 Å². The smallest absolute Gasteiger partial charge is 0.270 e. The predicted molar refractivity (Wildman–Crippen MR) is 79.6 cm³/mol. The van der Waals surface area contributed by atoms with Gasteiger partial charge in [-0.15, -0.1) is 0 Å². The third kappa shape index (κ3) is 4.18. The summed E-state index contributed by atoms with van der Waals surface area (Å²) in [5.74, 6) is 0. The molecule has 1 aliphatic rings. The number of likely N-dealkylation sites (tertiary alicyclic amines) is 1. The quantitative estimate of drug-likeness (QED) is 0.495. The van der Waals surface area contributed by atoms with E-state index in [0.29, 0.717) is 0 Å². The fraction of sp³-hybridized carbons (Fsp3) is 0.538. The second-order valence-electron chi connectivity index (χ2n) is 4.75. The Morgan fingerprint density at radius 2 is 2.11 bits per heavy atom. The summed E-state index contributed by atoms with van der Waals surface area (Å²) in [4.78, 5) is 12.7. The summed E-state index contributed by atoms with van der Waals surface area (Å²) in [6.07, 6.45) is 3.73. The van der Waals surface area contributed by atoms with E-state index < -0.39 is 0 Å². The normalized spacial score (nSPS) is 15.6. The highest BCUT2D eigenvalue weighted by atomic mass is 79.9. The van der Waals surface area contributed by atoms with E-state index in [1.165, 1.54) is 38.1 Å². The molecule has 6 heteroatoms. The van der Waals surface area contributed by atoms with Crippen LogP contribution in [0.2, 0.25) is 0 Å². The molecule has 1 aromatic rings. The van der Waals surface area contributed by atoms with E-state index >= 15 is 0 Å². The summed E-state index contributed by atoms with van der Waals surface area (Å²) in [6, 6.07) is 4.80. The summed E-state index contributed by atoms with van der Waals surface area (Å²) >= 11 is 3.36. The van der Waals surface area contributed by atoms with Crippen LogP contribution < -0.4 is 5.32 Å². The number of nitro benzene ring substituents is 1. The third-order valence-electron chi connectivity index (χ3n) is 3.33. The molecular formula is C13H18BrN3O2. The lowest BCUT2D eigenvalue weighted by Gasteiger charge is -2.15. The van der Waals surface area contributed by atoms with Gasteiger partial charge >= 0.3 is 0 Å². The predicted octanol–water partition coefficient (Wildman–Crippen LogP) is 3.26. The maximum Gasteiger partial charge on any atom is 0.270 e.